The van der Waals surface area contributed by atoms with Crippen molar-refractivity contribution in [2.24, 2.45) is 0 Å². The van der Waals surface area contributed by atoms with Gasteiger partial charge in [-0.2, -0.15) is 0 Å². The van der Waals surface area contributed by atoms with Crippen molar-refractivity contribution in [3.8, 4) is 17.0 Å². The molecule has 0 unspecified atom stereocenters. The molecule has 1 aromatic heterocycles. The molecule has 0 aliphatic heterocycles. The van der Waals surface area contributed by atoms with Crippen molar-refractivity contribution in [1.82, 2.24) is 9.97 Å². The van der Waals surface area contributed by atoms with Crippen LogP contribution >= 0.6 is 0 Å². The van der Waals surface area contributed by atoms with Crippen LogP contribution in [0.5, 0.6) is 5.75 Å². The molecule has 0 spiro atoms. The van der Waals surface area contributed by atoms with Gasteiger partial charge in [0, 0.05) is 11.8 Å². The first kappa shape index (κ1) is 15.6. The molecular weight excluding hydrogens is 309 g/mol. The number of rotatable bonds is 5. The quantitative estimate of drug-likeness (QED) is 0.782. The van der Waals surface area contributed by atoms with E-state index in [2.05, 4.69) is 15.3 Å². The zero-order valence-corrected chi connectivity index (χ0v) is 12.6. The number of hydrogen-bond acceptors (Lipinski definition) is 4. The molecule has 3 aromatic rings. The number of nitrogens with one attached hydrogen (secondary N) is 1. The topological polar surface area (TPSA) is 64.1 Å². The summed E-state index contributed by atoms with van der Waals surface area (Å²) >= 11 is 0. The molecule has 3 rings (SSSR count). The summed E-state index contributed by atoms with van der Waals surface area (Å²) in [7, 11) is 0. The lowest BCUT2D eigenvalue weighted by atomic mass is 10.1. The van der Waals surface area contributed by atoms with E-state index in [0.717, 1.165) is 0 Å². The zero-order valence-electron chi connectivity index (χ0n) is 12.6. The van der Waals surface area contributed by atoms with Crippen molar-refractivity contribution in [3.05, 3.63) is 72.7 Å². The Morgan fingerprint density at radius 3 is 2.58 bits per heavy atom. The second-order valence-electron chi connectivity index (χ2n) is 4.90. The van der Waals surface area contributed by atoms with E-state index < -0.39 is 5.91 Å². The highest BCUT2D eigenvalue weighted by molar-refractivity contribution is 5.90. The van der Waals surface area contributed by atoms with Crippen LogP contribution in [0.25, 0.3) is 11.3 Å². The van der Waals surface area contributed by atoms with Gasteiger partial charge in [0.2, 0.25) is 5.95 Å². The van der Waals surface area contributed by atoms with Crippen LogP contribution in [-0.2, 0) is 4.79 Å². The summed E-state index contributed by atoms with van der Waals surface area (Å²) in [4.78, 5) is 20.0. The van der Waals surface area contributed by atoms with Gasteiger partial charge in [-0.1, -0.05) is 30.3 Å². The Hall–Kier alpha value is -3.28. The van der Waals surface area contributed by atoms with E-state index in [0.29, 0.717) is 17.0 Å². The van der Waals surface area contributed by atoms with Gasteiger partial charge in [-0.3, -0.25) is 10.1 Å². The predicted molar refractivity (Wildman–Crippen MR) is 88.0 cm³/mol. The van der Waals surface area contributed by atoms with Crippen molar-refractivity contribution in [2.75, 3.05) is 11.9 Å². The number of halogens is 1. The number of amides is 1. The highest BCUT2D eigenvalue weighted by Crippen LogP contribution is 2.20. The Kier molecular flexibility index (Phi) is 4.76. The number of para-hydroxylation sites is 1. The third kappa shape index (κ3) is 3.92. The van der Waals surface area contributed by atoms with Crippen LogP contribution in [0.3, 0.4) is 0 Å². The Morgan fingerprint density at radius 2 is 1.79 bits per heavy atom. The molecule has 0 atom stereocenters. The fourth-order valence-electron chi connectivity index (χ4n) is 2.06. The van der Waals surface area contributed by atoms with E-state index in [9.17, 15) is 9.18 Å². The first-order valence-electron chi connectivity index (χ1n) is 7.28. The molecule has 1 N–H and O–H groups in total. The van der Waals surface area contributed by atoms with Gasteiger partial charge in [-0.05, 0) is 30.3 Å². The molecule has 0 aliphatic carbocycles. The number of nitrogens with zero attached hydrogens (tertiary/aromatic N) is 2. The number of benzene rings is 2. The lowest BCUT2D eigenvalue weighted by molar-refractivity contribution is -0.118. The van der Waals surface area contributed by atoms with E-state index in [1.54, 1.807) is 36.4 Å². The Morgan fingerprint density at radius 1 is 1.04 bits per heavy atom. The minimum Gasteiger partial charge on any atom is -0.484 e. The van der Waals surface area contributed by atoms with E-state index in [1.807, 2.05) is 18.2 Å². The van der Waals surface area contributed by atoms with Gasteiger partial charge in [-0.25, -0.2) is 14.4 Å². The van der Waals surface area contributed by atoms with Gasteiger partial charge >= 0.3 is 0 Å². The van der Waals surface area contributed by atoms with Crippen LogP contribution in [0.1, 0.15) is 0 Å². The van der Waals surface area contributed by atoms with Crippen molar-refractivity contribution >= 4 is 11.9 Å². The Bertz CT molecular complexity index is 840. The highest BCUT2D eigenvalue weighted by atomic mass is 19.1. The molecule has 120 valence electrons. The van der Waals surface area contributed by atoms with Crippen LogP contribution in [0.4, 0.5) is 10.3 Å². The summed E-state index contributed by atoms with van der Waals surface area (Å²) in [6.45, 7) is -0.169. The van der Waals surface area contributed by atoms with Gasteiger partial charge in [0.1, 0.15) is 11.6 Å². The molecule has 1 heterocycles. The second-order valence-corrected chi connectivity index (χ2v) is 4.90. The fourth-order valence-corrected chi connectivity index (χ4v) is 2.06. The largest absolute Gasteiger partial charge is 0.484 e. The van der Waals surface area contributed by atoms with Crippen LogP contribution in [0.2, 0.25) is 0 Å². The molecule has 0 bridgehead atoms. The maximum absolute atomic E-state index is 13.8. The minimum atomic E-state index is -0.399. The normalized spacial score (nSPS) is 10.2. The van der Waals surface area contributed by atoms with Crippen molar-refractivity contribution in [3.63, 3.8) is 0 Å². The molecule has 0 saturated heterocycles. The monoisotopic (exact) mass is 323 g/mol. The maximum Gasteiger partial charge on any atom is 0.264 e. The smallest absolute Gasteiger partial charge is 0.264 e. The van der Waals surface area contributed by atoms with Crippen LogP contribution < -0.4 is 10.1 Å². The molecule has 5 nitrogen and oxygen atoms in total. The fraction of sp³-hybridized carbons (Fsp3) is 0.0556. The third-order valence-electron chi connectivity index (χ3n) is 3.17. The van der Waals surface area contributed by atoms with E-state index in [1.165, 1.54) is 12.3 Å². The first-order chi connectivity index (χ1) is 11.7. The van der Waals surface area contributed by atoms with Crippen molar-refractivity contribution < 1.29 is 13.9 Å². The van der Waals surface area contributed by atoms with Gasteiger partial charge in [-0.15, -0.1) is 0 Å². The number of anilines is 1. The summed E-state index contributed by atoms with van der Waals surface area (Å²) in [6, 6.07) is 16.8. The lowest BCUT2D eigenvalue weighted by Gasteiger charge is -2.07. The number of aromatic nitrogens is 2. The Labute approximate surface area is 138 Å². The van der Waals surface area contributed by atoms with Crippen molar-refractivity contribution in [2.45, 2.75) is 0 Å². The predicted octanol–water partition coefficient (Wildman–Crippen LogP) is 3.30. The number of ether oxygens (including phenoxy) is 1. The average Bonchev–Trinajstić information content (AvgIpc) is 2.61. The molecule has 6 heteroatoms. The maximum atomic E-state index is 13.8. The lowest BCUT2D eigenvalue weighted by Crippen LogP contribution is -2.21. The molecule has 24 heavy (non-hydrogen) atoms. The summed E-state index contributed by atoms with van der Waals surface area (Å²) < 4.78 is 19.2. The van der Waals surface area contributed by atoms with Crippen LogP contribution in [-0.4, -0.2) is 22.5 Å². The van der Waals surface area contributed by atoms with Gasteiger partial charge in [0.15, 0.2) is 6.61 Å². The van der Waals surface area contributed by atoms with Gasteiger partial charge in [0.05, 0.1) is 5.69 Å². The SMILES string of the molecule is O=C(COc1ccccc1)Nc1nccc(-c2ccccc2F)n1. The van der Waals surface area contributed by atoms with Gasteiger partial charge in [0.25, 0.3) is 5.91 Å². The third-order valence-corrected chi connectivity index (χ3v) is 3.17. The summed E-state index contributed by atoms with van der Waals surface area (Å²) in [6.07, 6.45) is 1.46. The summed E-state index contributed by atoms with van der Waals surface area (Å²) in [5.41, 5.74) is 0.735. The van der Waals surface area contributed by atoms with Crippen molar-refractivity contribution in [1.29, 1.82) is 0 Å². The Balaban J connectivity index is 1.66. The molecular formula is C18H14FN3O2. The van der Waals surface area contributed by atoms with E-state index in [4.69, 9.17) is 4.74 Å². The molecule has 0 radical (unpaired) electrons. The first-order valence-corrected chi connectivity index (χ1v) is 7.28. The molecule has 0 fully saturated rings. The summed E-state index contributed by atoms with van der Waals surface area (Å²) in [5, 5.41) is 2.53. The highest BCUT2D eigenvalue weighted by Gasteiger charge is 2.09. The number of hydrogen-bond donors (Lipinski definition) is 1. The standard InChI is InChI=1S/C18H14FN3O2/c19-15-9-5-4-8-14(15)16-10-11-20-18(21-16)22-17(23)12-24-13-6-2-1-3-7-13/h1-11H,12H2,(H,20,21,22,23). The van der Waals surface area contributed by atoms with E-state index >= 15 is 0 Å². The minimum absolute atomic E-state index is 0.0948. The number of carbonyl (C=O) groups is 1. The molecule has 0 saturated carbocycles. The average molecular weight is 323 g/mol. The molecule has 1 amide bonds. The number of carbonyl (C=O) groups excluding carboxylic acids is 1. The zero-order chi connectivity index (χ0) is 16.8. The van der Waals surface area contributed by atoms with E-state index in [-0.39, 0.29) is 18.4 Å². The summed E-state index contributed by atoms with van der Waals surface area (Å²) in [5.74, 6) is -0.100. The second kappa shape index (κ2) is 7.32. The van der Waals surface area contributed by atoms with Gasteiger partial charge < -0.3 is 4.74 Å². The molecule has 0 aliphatic rings. The van der Waals surface area contributed by atoms with Crippen LogP contribution in [0.15, 0.2) is 66.9 Å². The molecule has 2 aromatic carbocycles. The van der Waals surface area contributed by atoms with Crippen LogP contribution in [0, 0.1) is 5.82 Å².